The van der Waals surface area contributed by atoms with Crippen molar-refractivity contribution in [1.82, 2.24) is 4.57 Å². The first-order chi connectivity index (χ1) is 24.3. The van der Waals surface area contributed by atoms with Crippen LogP contribution in [0.15, 0.2) is 123 Å². The van der Waals surface area contributed by atoms with Gasteiger partial charge in [-0.3, -0.25) is 9.59 Å². The summed E-state index contributed by atoms with van der Waals surface area (Å²) in [5.74, 6) is 0. The number of fused-ring (bicyclic) bond motifs is 2. The Labute approximate surface area is 282 Å². The predicted octanol–water partition coefficient (Wildman–Crippen LogP) is 9.95. The van der Waals surface area contributed by atoms with Gasteiger partial charge in [-0.25, -0.2) is 4.57 Å². The van der Waals surface area contributed by atoms with E-state index in [0.29, 0.717) is 44.7 Å². The van der Waals surface area contributed by atoms with Gasteiger partial charge in [0.25, 0.3) is 11.1 Å². The molecule has 51 heavy (non-hydrogen) atoms. The quantitative estimate of drug-likeness (QED) is 0.0779. The molecule has 0 fully saturated rings. The lowest BCUT2D eigenvalue weighted by atomic mass is 9.87. The molecule has 252 valence electrons. The highest BCUT2D eigenvalue weighted by atomic mass is 19.4. The van der Waals surface area contributed by atoms with Crippen molar-refractivity contribution in [3.8, 4) is 27.9 Å². The van der Waals surface area contributed by atoms with E-state index in [-0.39, 0.29) is 45.0 Å². The number of carbonyl (C=O) groups excluding carboxylic acids is 1. The number of para-hydroxylation sites is 1. The average Bonchev–Trinajstić information content (AvgIpc) is 3.11. The van der Waals surface area contributed by atoms with E-state index < -0.39 is 34.6 Å². The van der Waals surface area contributed by atoms with Crippen molar-refractivity contribution in [2.75, 3.05) is 0 Å². The molecule has 5 nitrogen and oxygen atoms in total. The van der Waals surface area contributed by atoms with E-state index in [0.717, 1.165) is 28.8 Å². The van der Waals surface area contributed by atoms with Crippen LogP contribution < -0.4 is 11.1 Å². The fourth-order valence-electron chi connectivity index (χ4n) is 6.77. The second-order valence-corrected chi connectivity index (χ2v) is 12.1. The molecule has 0 aliphatic carbocycles. The molecule has 0 unspecified atom stereocenters. The van der Waals surface area contributed by atoms with E-state index in [9.17, 15) is 40.7 Å². The van der Waals surface area contributed by atoms with Crippen molar-refractivity contribution >= 4 is 49.8 Å². The fraction of sp³-hybridized carbons (Fsp3) is 0.0750. The summed E-state index contributed by atoms with van der Waals surface area (Å²) in [5, 5.41) is 1.71. The van der Waals surface area contributed by atoms with Crippen molar-refractivity contribution < 1.29 is 35.6 Å². The molecule has 0 saturated heterocycles. The van der Waals surface area contributed by atoms with Crippen LogP contribution in [0.2, 0.25) is 0 Å². The number of pyridine rings is 1. The number of aldehydes is 1. The lowest BCUT2D eigenvalue weighted by Gasteiger charge is -2.20. The highest BCUT2D eigenvalue weighted by molar-refractivity contribution is 6.32. The van der Waals surface area contributed by atoms with Crippen molar-refractivity contribution in [2.24, 2.45) is 0 Å². The van der Waals surface area contributed by atoms with Gasteiger partial charge in [0.05, 0.1) is 16.8 Å². The Hall–Kier alpha value is -6.23. The Balaban J connectivity index is 1.56. The summed E-state index contributed by atoms with van der Waals surface area (Å²) < 4.78 is 88.8. The van der Waals surface area contributed by atoms with Crippen LogP contribution in [-0.2, 0) is 23.6 Å². The second-order valence-electron chi connectivity index (χ2n) is 12.1. The zero-order valence-corrected chi connectivity index (χ0v) is 26.0. The van der Waals surface area contributed by atoms with E-state index in [1.807, 2.05) is 0 Å². The van der Waals surface area contributed by atoms with Gasteiger partial charge in [0, 0.05) is 44.3 Å². The van der Waals surface area contributed by atoms with Crippen molar-refractivity contribution in [3.05, 3.63) is 147 Å². The Kier molecular flexibility index (Phi) is 7.16. The van der Waals surface area contributed by atoms with Crippen molar-refractivity contribution in [1.29, 1.82) is 0 Å². The zero-order valence-electron chi connectivity index (χ0n) is 26.0. The van der Waals surface area contributed by atoms with Gasteiger partial charge in [-0.15, -0.1) is 0 Å². The van der Waals surface area contributed by atoms with Gasteiger partial charge in [-0.1, -0.05) is 54.6 Å². The Morgan fingerprint density at radius 2 is 1.12 bits per heavy atom. The van der Waals surface area contributed by atoms with E-state index in [4.69, 9.17) is 4.42 Å². The summed E-state index contributed by atoms with van der Waals surface area (Å²) >= 11 is 0. The summed E-state index contributed by atoms with van der Waals surface area (Å²) in [6.07, 6.45) is -8.37. The summed E-state index contributed by atoms with van der Waals surface area (Å²) in [6, 6.07) is 25.0. The van der Waals surface area contributed by atoms with Crippen LogP contribution in [-0.4, -0.2) is 10.9 Å². The second kappa shape index (κ2) is 11.4. The largest absolute Gasteiger partial charge is 0.455 e. The van der Waals surface area contributed by atoms with Crippen molar-refractivity contribution in [3.63, 3.8) is 0 Å². The molecule has 11 heteroatoms. The van der Waals surface area contributed by atoms with Crippen LogP contribution in [0.3, 0.4) is 0 Å². The molecule has 0 aliphatic heterocycles. The summed E-state index contributed by atoms with van der Waals surface area (Å²) in [4.78, 5) is 39.9. The maximum absolute atomic E-state index is 14.4. The number of rotatable bonds is 5. The maximum atomic E-state index is 14.4. The van der Waals surface area contributed by atoms with E-state index in [1.165, 1.54) is 42.5 Å². The number of hydrogen-bond donors (Lipinski definition) is 0. The number of hydrogen-bond acceptors (Lipinski definition) is 4. The number of carbonyl (C=O) groups is 1. The minimum Gasteiger partial charge on any atom is -0.455 e. The monoisotopic (exact) mass is 693 g/mol. The van der Waals surface area contributed by atoms with Gasteiger partial charge < -0.3 is 9.21 Å². The molecule has 0 saturated carbocycles. The molecular weight excluding hydrogens is 672 g/mol. The number of nitrogens with zero attached hydrogens (tertiary/aromatic N) is 1. The molecule has 0 bridgehead atoms. The van der Waals surface area contributed by atoms with Crippen LogP contribution >= 0.6 is 0 Å². The van der Waals surface area contributed by atoms with E-state index in [1.54, 1.807) is 42.5 Å². The highest BCUT2D eigenvalue weighted by Gasteiger charge is 2.32. The minimum absolute atomic E-state index is 0.0680. The third-order valence-electron chi connectivity index (χ3n) is 9.15. The highest BCUT2D eigenvalue weighted by Crippen LogP contribution is 2.46. The van der Waals surface area contributed by atoms with Crippen LogP contribution in [0.25, 0.3) is 71.4 Å². The molecule has 8 aromatic rings. The molecule has 2 aromatic heterocycles. The molecule has 0 amide bonds. The normalized spacial score (nSPS) is 12.4. The van der Waals surface area contributed by atoms with Crippen LogP contribution in [0.4, 0.5) is 26.3 Å². The van der Waals surface area contributed by atoms with Crippen molar-refractivity contribution in [2.45, 2.75) is 18.8 Å². The molecule has 2 heterocycles. The van der Waals surface area contributed by atoms with Gasteiger partial charge in [0.1, 0.15) is 17.5 Å². The summed E-state index contributed by atoms with van der Waals surface area (Å²) in [7, 11) is 0. The lowest BCUT2D eigenvalue weighted by Crippen LogP contribution is -2.32. The number of halogens is 6. The third-order valence-corrected chi connectivity index (χ3v) is 9.15. The first-order valence-electron chi connectivity index (χ1n) is 15.6. The first kappa shape index (κ1) is 32.0. The molecule has 8 rings (SSSR count). The van der Waals surface area contributed by atoms with Gasteiger partial charge in [-0.05, 0) is 76.9 Å². The fourth-order valence-corrected chi connectivity index (χ4v) is 6.77. The van der Waals surface area contributed by atoms with Gasteiger partial charge in [-0.2, -0.15) is 26.3 Å². The maximum Gasteiger partial charge on any atom is 0.416 e. The third kappa shape index (κ3) is 5.15. The van der Waals surface area contributed by atoms with Gasteiger partial charge in [0.15, 0.2) is 0 Å². The number of alkyl halides is 6. The Bertz CT molecular complexity index is 2750. The van der Waals surface area contributed by atoms with E-state index >= 15 is 0 Å². The molecular formula is C40H21F6NO4. The summed E-state index contributed by atoms with van der Waals surface area (Å²) in [6.45, 7) is 0. The molecule has 0 spiro atoms. The summed E-state index contributed by atoms with van der Waals surface area (Å²) in [5.41, 5.74) is -0.511. The van der Waals surface area contributed by atoms with Crippen LogP contribution in [0.1, 0.15) is 16.7 Å². The smallest absolute Gasteiger partial charge is 0.416 e. The average molecular weight is 694 g/mol. The standard InChI is InChI=1S/C40H21F6NO4/c41-39(42,43)24-11-7-22(8-12-24)28-19-30-34-31(38(50)47(37(30)49)26-15-5-21(6-16-26)17-18-48)20-29(23-9-13-25(14-10-23)40(44,45)46)36-35(34)33(28)27-3-1-2-4-32(27)51-36/h1-16,18-20H,17H2. The molecule has 6 aromatic carbocycles. The van der Waals surface area contributed by atoms with Gasteiger partial charge in [0.2, 0.25) is 0 Å². The zero-order chi connectivity index (χ0) is 35.8. The molecule has 0 radical (unpaired) electrons. The molecule has 0 atom stereocenters. The SMILES string of the molecule is O=CCc1ccc(-n2c(=O)c3cc(-c4ccc(C(F)(F)F)cc4)c4oc5ccccc5c5c(-c6ccc(C(F)(F)F)cc6)cc(c2=O)c3c45)cc1. The predicted molar refractivity (Wildman–Crippen MR) is 182 cm³/mol. The molecule has 0 N–H and O–H groups in total. The van der Waals surface area contributed by atoms with Gasteiger partial charge >= 0.3 is 12.4 Å². The Morgan fingerprint density at radius 3 is 1.67 bits per heavy atom. The minimum atomic E-state index is -4.60. The van der Waals surface area contributed by atoms with E-state index in [2.05, 4.69) is 0 Å². The van der Waals surface area contributed by atoms with Crippen LogP contribution in [0, 0.1) is 0 Å². The number of aromatic nitrogens is 1. The van der Waals surface area contributed by atoms with Crippen LogP contribution in [0.5, 0.6) is 0 Å². The Morgan fingerprint density at radius 1 is 0.588 bits per heavy atom. The lowest BCUT2D eigenvalue weighted by molar-refractivity contribution is -0.138. The first-order valence-corrected chi connectivity index (χ1v) is 15.6. The number of benzene rings is 6. The topological polar surface area (TPSA) is 69.3 Å². The molecule has 0 aliphatic rings.